The highest BCUT2D eigenvalue weighted by Crippen LogP contribution is 2.25. The van der Waals surface area contributed by atoms with Crippen LogP contribution in [0.1, 0.15) is 51.9 Å². The first-order chi connectivity index (χ1) is 7.53. The fraction of sp³-hybridized carbons (Fsp3) is 1.00. The molecule has 0 spiro atoms. The Morgan fingerprint density at radius 2 is 1.88 bits per heavy atom. The van der Waals surface area contributed by atoms with E-state index >= 15 is 0 Å². The molecule has 0 saturated heterocycles. The molecule has 16 heavy (non-hydrogen) atoms. The first-order valence-electron chi connectivity index (χ1n) is 6.49. The molecule has 0 bridgehead atoms. The molecule has 1 rings (SSSR count). The molecule has 1 aliphatic rings. The quantitative estimate of drug-likeness (QED) is 0.757. The minimum Gasteiger partial charge on any atom is -0.328 e. The van der Waals surface area contributed by atoms with E-state index in [4.69, 9.17) is 5.73 Å². The topological polar surface area (TPSA) is 60.2 Å². The lowest BCUT2D eigenvalue weighted by Crippen LogP contribution is -2.23. The second-order valence-corrected chi connectivity index (χ2v) is 7.39. The van der Waals surface area contributed by atoms with Crippen LogP contribution in [0.3, 0.4) is 0 Å². The standard InChI is InChI=1S/C12H25NO2S/c1-2-8-16(14,15)9-7-11-5-3-4-6-12(13)10-11/h11-12H,2-10,13H2,1H3. The van der Waals surface area contributed by atoms with Gasteiger partial charge in [-0.05, 0) is 31.6 Å². The van der Waals surface area contributed by atoms with Gasteiger partial charge in [0.15, 0.2) is 0 Å². The van der Waals surface area contributed by atoms with Gasteiger partial charge >= 0.3 is 0 Å². The Bertz CT molecular complexity index is 287. The Balaban J connectivity index is 2.36. The van der Waals surface area contributed by atoms with Crippen LogP contribution in [0.25, 0.3) is 0 Å². The second-order valence-electron chi connectivity index (χ2n) is 5.09. The molecule has 0 aromatic carbocycles. The molecule has 0 amide bonds. The number of rotatable bonds is 5. The Labute approximate surface area is 99.7 Å². The van der Waals surface area contributed by atoms with Crippen LogP contribution in [0.5, 0.6) is 0 Å². The summed E-state index contributed by atoms with van der Waals surface area (Å²) in [4.78, 5) is 0. The highest BCUT2D eigenvalue weighted by Gasteiger charge is 2.19. The van der Waals surface area contributed by atoms with Gasteiger partial charge in [-0.3, -0.25) is 0 Å². The highest BCUT2D eigenvalue weighted by atomic mass is 32.2. The van der Waals surface area contributed by atoms with Crippen molar-refractivity contribution in [2.45, 2.75) is 57.9 Å². The maximum Gasteiger partial charge on any atom is 0.150 e. The molecule has 0 radical (unpaired) electrons. The van der Waals surface area contributed by atoms with Crippen molar-refractivity contribution in [3.63, 3.8) is 0 Å². The zero-order valence-corrected chi connectivity index (χ0v) is 11.1. The lowest BCUT2D eigenvalue weighted by atomic mass is 9.96. The van der Waals surface area contributed by atoms with Gasteiger partial charge < -0.3 is 5.73 Å². The molecule has 1 fully saturated rings. The summed E-state index contributed by atoms with van der Waals surface area (Å²) in [7, 11) is -2.80. The van der Waals surface area contributed by atoms with E-state index in [1.54, 1.807) is 0 Å². The molecule has 0 heterocycles. The third kappa shape index (κ3) is 5.30. The largest absolute Gasteiger partial charge is 0.328 e. The molecule has 96 valence electrons. The molecule has 3 nitrogen and oxygen atoms in total. The fourth-order valence-corrected chi connectivity index (χ4v) is 4.04. The first-order valence-corrected chi connectivity index (χ1v) is 8.31. The summed E-state index contributed by atoms with van der Waals surface area (Å²) in [5.41, 5.74) is 5.97. The van der Waals surface area contributed by atoms with Gasteiger partial charge in [0.2, 0.25) is 0 Å². The maximum atomic E-state index is 11.6. The molecule has 2 atom stereocenters. The van der Waals surface area contributed by atoms with Gasteiger partial charge in [-0.1, -0.05) is 26.2 Å². The van der Waals surface area contributed by atoms with Gasteiger partial charge in [0.1, 0.15) is 9.84 Å². The van der Waals surface area contributed by atoms with Gasteiger partial charge in [0.05, 0.1) is 5.75 Å². The van der Waals surface area contributed by atoms with E-state index in [-0.39, 0.29) is 0 Å². The van der Waals surface area contributed by atoms with Crippen LogP contribution in [0.4, 0.5) is 0 Å². The Morgan fingerprint density at radius 3 is 2.56 bits per heavy atom. The SMILES string of the molecule is CCCS(=O)(=O)CCC1CCCCC(N)C1. The second kappa shape index (κ2) is 6.60. The smallest absolute Gasteiger partial charge is 0.150 e. The molecule has 1 saturated carbocycles. The Hall–Kier alpha value is -0.0900. The van der Waals surface area contributed by atoms with Crippen LogP contribution >= 0.6 is 0 Å². The maximum absolute atomic E-state index is 11.6. The number of hydrogen-bond acceptors (Lipinski definition) is 3. The first kappa shape index (κ1) is 14.0. The molecule has 2 N–H and O–H groups in total. The minimum atomic E-state index is -2.80. The van der Waals surface area contributed by atoms with Crippen LogP contribution in [0.15, 0.2) is 0 Å². The lowest BCUT2D eigenvalue weighted by molar-refractivity contribution is 0.420. The van der Waals surface area contributed by atoms with E-state index in [9.17, 15) is 8.42 Å². The van der Waals surface area contributed by atoms with Crippen LogP contribution in [0, 0.1) is 5.92 Å². The normalized spacial score (nSPS) is 27.6. The number of hydrogen-bond donors (Lipinski definition) is 1. The summed E-state index contributed by atoms with van der Waals surface area (Å²) in [5, 5.41) is 0. The summed E-state index contributed by atoms with van der Waals surface area (Å²) in [6.45, 7) is 1.92. The Morgan fingerprint density at radius 1 is 1.19 bits per heavy atom. The van der Waals surface area contributed by atoms with E-state index < -0.39 is 9.84 Å². The van der Waals surface area contributed by atoms with Crippen LogP contribution in [-0.2, 0) is 9.84 Å². The van der Waals surface area contributed by atoms with Crippen molar-refractivity contribution in [1.82, 2.24) is 0 Å². The van der Waals surface area contributed by atoms with Gasteiger partial charge in [-0.25, -0.2) is 8.42 Å². The lowest BCUT2D eigenvalue weighted by Gasteiger charge is -2.16. The van der Waals surface area contributed by atoms with Crippen molar-refractivity contribution in [3.8, 4) is 0 Å². The predicted molar refractivity (Wildman–Crippen MR) is 68.1 cm³/mol. The van der Waals surface area contributed by atoms with E-state index in [1.807, 2.05) is 6.92 Å². The van der Waals surface area contributed by atoms with Gasteiger partial charge in [-0.2, -0.15) is 0 Å². The van der Waals surface area contributed by atoms with E-state index in [0.717, 1.165) is 32.1 Å². The summed E-state index contributed by atoms with van der Waals surface area (Å²) < 4.78 is 23.2. The summed E-state index contributed by atoms with van der Waals surface area (Å²) in [6.07, 6.45) is 7.25. The minimum absolute atomic E-state index is 0.293. The average Bonchev–Trinajstić information content (AvgIpc) is 2.40. The molecular formula is C12H25NO2S. The van der Waals surface area contributed by atoms with E-state index in [0.29, 0.717) is 23.5 Å². The molecule has 0 aromatic rings. The van der Waals surface area contributed by atoms with Gasteiger partial charge in [0.25, 0.3) is 0 Å². The van der Waals surface area contributed by atoms with Crippen molar-refractivity contribution in [2.24, 2.45) is 11.7 Å². The van der Waals surface area contributed by atoms with E-state index in [2.05, 4.69) is 0 Å². The average molecular weight is 247 g/mol. The number of nitrogens with two attached hydrogens (primary N) is 1. The summed E-state index contributed by atoms with van der Waals surface area (Å²) >= 11 is 0. The molecule has 2 unspecified atom stereocenters. The molecule has 1 aliphatic carbocycles. The van der Waals surface area contributed by atoms with Crippen LogP contribution in [-0.4, -0.2) is 26.0 Å². The number of sulfone groups is 1. The van der Waals surface area contributed by atoms with Crippen molar-refractivity contribution < 1.29 is 8.42 Å². The molecule has 0 aromatic heterocycles. The highest BCUT2D eigenvalue weighted by molar-refractivity contribution is 7.91. The van der Waals surface area contributed by atoms with Gasteiger partial charge in [-0.15, -0.1) is 0 Å². The Kier molecular flexibility index (Phi) is 5.76. The summed E-state index contributed by atoms with van der Waals surface area (Å²) in [6, 6.07) is 0.293. The van der Waals surface area contributed by atoms with Crippen molar-refractivity contribution >= 4 is 9.84 Å². The van der Waals surface area contributed by atoms with Crippen molar-refractivity contribution in [1.29, 1.82) is 0 Å². The molecule has 0 aliphatic heterocycles. The van der Waals surface area contributed by atoms with Crippen molar-refractivity contribution in [2.75, 3.05) is 11.5 Å². The summed E-state index contributed by atoms with van der Waals surface area (Å²) in [5.74, 6) is 1.23. The monoisotopic (exact) mass is 247 g/mol. The van der Waals surface area contributed by atoms with Crippen LogP contribution < -0.4 is 5.73 Å². The molecular weight excluding hydrogens is 222 g/mol. The van der Waals surface area contributed by atoms with Crippen LogP contribution in [0.2, 0.25) is 0 Å². The van der Waals surface area contributed by atoms with Crippen molar-refractivity contribution in [3.05, 3.63) is 0 Å². The molecule has 4 heteroatoms. The third-order valence-electron chi connectivity index (χ3n) is 3.43. The zero-order chi connectivity index (χ0) is 12.0. The zero-order valence-electron chi connectivity index (χ0n) is 10.3. The predicted octanol–water partition coefficient (Wildman–Crippen LogP) is 2.11. The third-order valence-corrected chi connectivity index (χ3v) is 5.31. The van der Waals surface area contributed by atoms with E-state index in [1.165, 1.54) is 12.8 Å². The fourth-order valence-electron chi connectivity index (χ4n) is 2.52. The van der Waals surface area contributed by atoms with Gasteiger partial charge in [0, 0.05) is 11.8 Å².